The van der Waals surface area contributed by atoms with E-state index in [1.807, 2.05) is 6.08 Å². The third-order valence-electron chi connectivity index (χ3n) is 4.65. The van der Waals surface area contributed by atoms with Crippen molar-refractivity contribution in [3.63, 3.8) is 0 Å². The molecule has 0 unspecified atom stereocenters. The summed E-state index contributed by atoms with van der Waals surface area (Å²) in [6.45, 7) is 6.07. The van der Waals surface area contributed by atoms with Crippen LogP contribution in [0.5, 0.6) is 0 Å². The summed E-state index contributed by atoms with van der Waals surface area (Å²) in [4.78, 5) is 0. The van der Waals surface area contributed by atoms with E-state index < -0.39 is 0 Å². The van der Waals surface area contributed by atoms with E-state index in [1.165, 1.54) is 33.4 Å². The van der Waals surface area contributed by atoms with Gasteiger partial charge in [-0.05, 0) is 60.5 Å². The van der Waals surface area contributed by atoms with Crippen LogP contribution < -0.4 is 0 Å². The lowest BCUT2D eigenvalue weighted by Crippen LogP contribution is -1.98. The van der Waals surface area contributed by atoms with Gasteiger partial charge in [-0.15, -0.1) is 6.58 Å². The van der Waals surface area contributed by atoms with Crippen LogP contribution in [0.15, 0.2) is 91.1 Å². The molecule has 3 rings (SSSR count). The molecule has 0 saturated heterocycles. The number of hydrogen-bond acceptors (Lipinski definition) is 0. The minimum atomic E-state index is 0.983. The lowest BCUT2D eigenvalue weighted by atomic mass is 9.85. The standard InChI is InChI=1S/C25H26/c1-3-4-15-24(21-11-7-5-8-12-21)25(22-13-9-6-10-14-22)23-18-16-20(2)17-19-23/h3,5,7-9,11-14,16-19H,1,4,6,10,15H2,2H3/b25-24-. The number of allylic oxidation sites excluding steroid dienone is 7. The highest BCUT2D eigenvalue weighted by molar-refractivity contribution is 5.99. The maximum absolute atomic E-state index is 3.93. The van der Waals surface area contributed by atoms with E-state index in [-0.39, 0.29) is 0 Å². The smallest absolute Gasteiger partial charge is 0.00766 e. The van der Waals surface area contributed by atoms with Crippen LogP contribution in [0.25, 0.3) is 11.1 Å². The second-order valence-electron chi connectivity index (χ2n) is 6.55. The van der Waals surface area contributed by atoms with Crippen molar-refractivity contribution in [3.05, 3.63) is 108 Å². The molecule has 2 aromatic carbocycles. The largest absolute Gasteiger partial charge is 0.103 e. The van der Waals surface area contributed by atoms with Crippen molar-refractivity contribution >= 4 is 11.1 Å². The predicted molar refractivity (Wildman–Crippen MR) is 110 cm³/mol. The van der Waals surface area contributed by atoms with E-state index in [1.54, 1.807) is 0 Å². The van der Waals surface area contributed by atoms with Crippen molar-refractivity contribution in [2.45, 2.75) is 32.6 Å². The van der Waals surface area contributed by atoms with Gasteiger partial charge in [0.05, 0.1) is 0 Å². The summed E-state index contributed by atoms with van der Waals surface area (Å²) in [5.74, 6) is 0. The van der Waals surface area contributed by atoms with Crippen LogP contribution >= 0.6 is 0 Å². The third-order valence-corrected chi connectivity index (χ3v) is 4.65. The molecule has 1 aliphatic rings. The lowest BCUT2D eigenvalue weighted by molar-refractivity contribution is 1.02. The van der Waals surface area contributed by atoms with Gasteiger partial charge < -0.3 is 0 Å². The lowest BCUT2D eigenvalue weighted by Gasteiger charge is -2.19. The SMILES string of the molecule is C=CCC/C(=C(\C1=CCCC=C1)c1ccc(C)cc1)c1ccccc1. The van der Waals surface area contributed by atoms with Crippen molar-refractivity contribution in [1.82, 2.24) is 0 Å². The molecular formula is C25H26. The fraction of sp³-hybridized carbons (Fsp3) is 0.200. The normalized spacial score (nSPS) is 14.7. The van der Waals surface area contributed by atoms with E-state index in [0.29, 0.717) is 0 Å². The van der Waals surface area contributed by atoms with Crippen molar-refractivity contribution in [2.75, 3.05) is 0 Å². The topological polar surface area (TPSA) is 0 Å². The summed E-state index contributed by atoms with van der Waals surface area (Å²) in [6.07, 6.45) is 13.2. The van der Waals surface area contributed by atoms with Crippen molar-refractivity contribution < 1.29 is 0 Å². The first-order valence-corrected chi connectivity index (χ1v) is 9.13. The molecule has 0 bridgehead atoms. The molecule has 0 fully saturated rings. The molecule has 2 aromatic rings. The molecule has 0 aliphatic heterocycles. The zero-order valence-corrected chi connectivity index (χ0v) is 15.0. The fourth-order valence-electron chi connectivity index (χ4n) is 3.33. The van der Waals surface area contributed by atoms with E-state index >= 15 is 0 Å². The van der Waals surface area contributed by atoms with Gasteiger partial charge in [-0.1, -0.05) is 84.5 Å². The van der Waals surface area contributed by atoms with Crippen LogP contribution in [-0.4, -0.2) is 0 Å². The van der Waals surface area contributed by atoms with E-state index in [9.17, 15) is 0 Å². The summed E-state index contributed by atoms with van der Waals surface area (Å²) in [5.41, 5.74) is 8.01. The number of benzene rings is 2. The van der Waals surface area contributed by atoms with Crippen molar-refractivity contribution in [1.29, 1.82) is 0 Å². The first-order chi connectivity index (χ1) is 12.3. The molecule has 0 amide bonds. The molecule has 25 heavy (non-hydrogen) atoms. The minimum absolute atomic E-state index is 0.983. The molecule has 0 N–H and O–H groups in total. The van der Waals surface area contributed by atoms with Gasteiger partial charge in [0.15, 0.2) is 0 Å². The maximum Gasteiger partial charge on any atom is -0.00766 e. The Morgan fingerprint density at radius 3 is 2.36 bits per heavy atom. The zero-order chi connectivity index (χ0) is 17.5. The van der Waals surface area contributed by atoms with Gasteiger partial charge in [0, 0.05) is 0 Å². The number of aryl methyl sites for hydroxylation is 1. The highest BCUT2D eigenvalue weighted by Gasteiger charge is 2.15. The Hall–Kier alpha value is -2.60. The number of rotatable bonds is 6. The molecule has 0 heterocycles. The second-order valence-corrected chi connectivity index (χ2v) is 6.55. The van der Waals surface area contributed by atoms with Crippen LogP contribution in [-0.2, 0) is 0 Å². The summed E-state index contributed by atoms with van der Waals surface area (Å²) < 4.78 is 0. The van der Waals surface area contributed by atoms with Gasteiger partial charge in [-0.25, -0.2) is 0 Å². The minimum Gasteiger partial charge on any atom is -0.103 e. The maximum atomic E-state index is 3.93. The fourth-order valence-corrected chi connectivity index (χ4v) is 3.33. The average molecular weight is 326 g/mol. The zero-order valence-electron chi connectivity index (χ0n) is 15.0. The van der Waals surface area contributed by atoms with Gasteiger partial charge in [0.2, 0.25) is 0 Å². The molecule has 0 saturated carbocycles. The molecule has 0 spiro atoms. The van der Waals surface area contributed by atoms with Crippen LogP contribution in [0.3, 0.4) is 0 Å². The van der Waals surface area contributed by atoms with Crippen molar-refractivity contribution in [2.24, 2.45) is 0 Å². The number of hydrogen-bond donors (Lipinski definition) is 0. The Bertz CT molecular complexity index is 799. The van der Waals surface area contributed by atoms with Gasteiger partial charge in [-0.2, -0.15) is 0 Å². The van der Waals surface area contributed by atoms with Crippen LogP contribution in [0, 0.1) is 6.92 Å². The van der Waals surface area contributed by atoms with Crippen LogP contribution in [0.4, 0.5) is 0 Å². The Balaban J connectivity index is 2.21. The summed E-state index contributed by atoms with van der Waals surface area (Å²) in [5, 5.41) is 0. The molecule has 0 nitrogen and oxygen atoms in total. The average Bonchev–Trinajstić information content (AvgIpc) is 2.67. The first kappa shape index (κ1) is 17.2. The Morgan fingerprint density at radius 1 is 0.960 bits per heavy atom. The van der Waals surface area contributed by atoms with Gasteiger partial charge in [0.25, 0.3) is 0 Å². The van der Waals surface area contributed by atoms with E-state index in [0.717, 1.165) is 25.7 Å². The van der Waals surface area contributed by atoms with Gasteiger partial charge in [-0.3, -0.25) is 0 Å². The van der Waals surface area contributed by atoms with Crippen molar-refractivity contribution in [3.8, 4) is 0 Å². The van der Waals surface area contributed by atoms with Crippen LogP contribution in [0.1, 0.15) is 42.4 Å². The molecule has 0 atom stereocenters. The highest BCUT2D eigenvalue weighted by Crippen LogP contribution is 2.37. The summed E-state index contributed by atoms with van der Waals surface area (Å²) in [7, 11) is 0. The Kier molecular flexibility index (Phi) is 5.85. The van der Waals surface area contributed by atoms with Gasteiger partial charge in [0.1, 0.15) is 0 Å². The summed E-state index contributed by atoms with van der Waals surface area (Å²) >= 11 is 0. The molecule has 0 radical (unpaired) electrons. The molecule has 126 valence electrons. The summed E-state index contributed by atoms with van der Waals surface area (Å²) in [6, 6.07) is 19.7. The second kappa shape index (κ2) is 8.48. The third kappa shape index (κ3) is 4.28. The molecule has 1 aliphatic carbocycles. The molecular weight excluding hydrogens is 300 g/mol. The van der Waals surface area contributed by atoms with E-state index in [2.05, 4.69) is 86.3 Å². The molecule has 0 heteroatoms. The monoisotopic (exact) mass is 326 g/mol. The first-order valence-electron chi connectivity index (χ1n) is 9.13. The Labute approximate surface area is 151 Å². The van der Waals surface area contributed by atoms with E-state index in [4.69, 9.17) is 0 Å². The van der Waals surface area contributed by atoms with Crippen LogP contribution in [0.2, 0.25) is 0 Å². The van der Waals surface area contributed by atoms with Gasteiger partial charge >= 0.3 is 0 Å². The quantitative estimate of drug-likeness (QED) is 0.390. The molecule has 0 aromatic heterocycles. The Morgan fingerprint density at radius 2 is 1.72 bits per heavy atom. The highest BCUT2D eigenvalue weighted by atomic mass is 14.2. The predicted octanol–water partition coefficient (Wildman–Crippen LogP) is 7.15.